The molecule has 1 aliphatic heterocycles. The van der Waals surface area contributed by atoms with Gasteiger partial charge in [-0.05, 0) is 61.3 Å². The largest absolute Gasteiger partial charge is 0.444 e. The van der Waals surface area contributed by atoms with Crippen LogP contribution in [0.25, 0.3) is 0 Å². The van der Waals surface area contributed by atoms with Crippen molar-refractivity contribution in [2.45, 2.75) is 118 Å². The number of alkyl carbamates (subject to hydrolysis) is 1. The predicted molar refractivity (Wildman–Crippen MR) is 195 cm³/mol. The molecule has 1 heterocycles. The number of carbonyl (C=O) groups excluding carboxylic acids is 7. The molecule has 286 valence electrons. The minimum atomic E-state index is -0.968. The Kier molecular flexibility index (Phi) is 12.1. The second-order valence-electron chi connectivity index (χ2n) is 17.8. The Morgan fingerprint density at radius 1 is 0.923 bits per heavy atom. The zero-order valence-corrected chi connectivity index (χ0v) is 32.5. The molecule has 1 saturated heterocycles. The van der Waals surface area contributed by atoms with Gasteiger partial charge in [0.15, 0.2) is 11.6 Å². The van der Waals surface area contributed by atoms with Gasteiger partial charge in [-0.25, -0.2) is 4.79 Å². The summed E-state index contributed by atoms with van der Waals surface area (Å²) in [5, 5.41) is 5.45. The van der Waals surface area contributed by atoms with Crippen LogP contribution in [0, 0.1) is 34.5 Å². The number of hydrogen-bond acceptors (Lipinski definition) is 8. The first-order valence-corrected chi connectivity index (χ1v) is 18.5. The number of rotatable bonds is 15. The van der Waals surface area contributed by atoms with Crippen molar-refractivity contribution in [3.05, 3.63) is 35.9 Å². The normalized spacial score (nSPS) is 22.3. The zero-order chi connectivity index (χ0) is 38.9. The van der Waals surface area contributed by atoms with Gasteiger partial charge in [0.25, 0.3) is 0 Å². The number of ether oxygens (including phenoxy) is 1. The van der Waals surface area contributed by atoms with Gasteiger partial charge in [-0.2, -0.15) is 0 Å². The van der Waals surface area contributed by atoms with Gasteiger partial charge in [0.05, 0.1) is 6.04 Å². The topological polar surface area (TPSA) is 159 Å². The number of hydrogen-bond donors (Lipinski definition) is 2. The van der Waals surface area contributed by atoms with Gasteiger partial charge in [0, 0.05) is 45.8 Å². The molecule has 4 rings (SSSR count). The molecule has 1 aromatic rings. The van der Waals surface area contributed by atoms with Crippen LogP contribution >= 0.6 is 0 Å². The number of likely N-dealkylation sites (tertiary alicyclic amines) is 1. The smallest absolute Gasteiger partial charge is 0.408 e. The Labute approximate surface area is 308 Å². The molecule has 2 unspecified atom stereocenters. The Balaban J connectivity index is 1.46. The molecule has 52 heavy (non-hydrogen) atoms. The lowest BCUT2D eigenvalue weighted by atomic mass is 9.83. The summed E-state index contributed by atoms with van der Waals surface area (Å²) in [7, 11) is 3.17. The molecular weight excluding hydrogens is 664 g/mol. The number of likely N-dealkylation sites (N-methyl/N-ethyl adjacent to an activating group) is 1. The zero-order valence-electron chi connectivity index (χ0n) is 32.5. The first-order chi connectivity index (χ1) is 24.0. The fraction of sp³-hybridized carbons (Fsp3) is 0.675. The molecule has 2 N–H and O–H groups in total. The molecule has 0 radical (unpaired) electrons. The quantitative estimate of drug-likeness (QED) is 0.248. The Morgan fingerprint density at radius 3 is 2.08 bits per heavy atom. The third-order valence-electron chi connectivity index (χ3n) is 10.7. The number of carbonyl (C=O) groups is 7. The van der Waals surface area contributed by atoms with Gasteiger partial charge >= 0.3 is 6.09 Å². The summed E-state index contributed by atoms with van der Waals surface area (Å²) in [6, 6.07) is 6.07. The highest BCUT2D eigenvalue weighted by molar-refractivity contribution is 6.38. The monoisotopic (exact) mass is 722 g/mol. The Bertz CT molecular complexity index is 1550. The first-order valence-electron chi connectivity index (χ1n) is 18.5. The number of ketones is 3. The lowest BCUT2D eigenvalue weighted by Gasteiger charge is -2.38. The molecule has 1 aromatic carbocycles. The summed E-state index contributed by atoms with van der Waals surface area (Å²) in [6.45, 7) is 15.2. The standard InChI is InChI=1S/C40H58N4O8/c1-38(2,3)34(42-37(51)52-39(4,5)6)36(50)44-22-26-30(40(26,7)8)32(44)28(46)21-25(20-23-16-17-23)33(48)27(45)18-19-29(47)41-31(35(49)43(9)10)24-14-12-11-13-15-24/h11-15,23,25-26,30-32,34H,16-22H2,1-10H3,(H,41,47)(H,42,51)/t25?,26?,30-,31-,32+,34+/m0/s1. The SMILES string of the molecule is CN(C)C(=O)[C@@H](NC(=O)CCC(=O)C(=O)C(CC(=O)[C@@H]1[C@@H]2C(CN1C(=O)[C@@H](NC(=O)OC(C)(C)C)C(C)(C)C)C2(C)C)CC1CC1)c1ccccc1. The summed E-state index contributed by atoms with van der Waals surface area (Å²) in [5.74, 6) is -3.59. The number of fused-ring (bicyclic) bond motifs is 1. The van der Waals surface area contributed by atoms with Crippen molar-refractivity contribution >= 4 is 41.2 Å². The highest BCUT2D eigenvalue weighted by atomic mass is 16.6. The van der Waals surface area contributed by atoms with Crippen LogP contribution in [0.5, 0.6) is 0 Å². The molecule has 0 spiro atoms. The maximum Gasteiger partial charge on any atom is 0.408 e. The Morgan fingerprint density at radius 2 is 1.54 bits per heavy atom. The van der Waals surface area contributed by atoms with E-state index in [0.29, 0.717) is 18.5 Å². The molecule has 2 aliphatic carbocycles. The summed E-state index contributed by atoms with van der Waals surface area (Å²) < 4.78 is 5.45. The van der Waals surface area contributed by atoms with Crippen LogP contribution in [-0.4, -0.2) is 89.3 Å². The van der Waals surface area contributed by atoms with E-state index in [2.05, 4.69) is 24.5 Å². The summed E-state index contributed by atoms with van der Waals surface area (Å²) >= 11 is 0. The number of piperidine rings is 1. The van der Waals surface area contributed by atoms with E-state index < -0.39 is 58.6 Å². The first kappa shape index (κ1) is 40.7. The van der Waals surface area contributed by atoms with E-state index in [0.717, 1.165) is 12.8 Å². The lowest BCUT2D eigenvalue weighted by molar-refractivity contribution is -0.145. The highest BCUT2D eigenvalue weighted by Crippen LogP contribution is 2.65. The van der Waals surface area contributed by atoms with Crippen molar-refractivity contribution in [2.24, 2.45) is 34.5 Å². The van der Waals surface area contributed by atoms with E-state index in [4.69, 9.17) is 4.74 Å². The van der Waals surface area contributed by atoms with Gasteiger partial charge in [-0.1, -0.05) is 77.8 Å². The van der Waals surface area contributed by atoms with Crippen molar-refractivity contribution in [2.75, 3.05) is 20.6 Å². The highest BCUT2D eigenvalue weighted by Gasteiger charge is 2.69. The van der Waals surface area contributed by atoms with Crippen molar-refractivity contribution in [1.29, 1.82) is 0 Å². The molecule has 3 fully saturated rings. The van der Waals surface area contributed by atoms with Crippen LogP contribution in [-0.2, 0) is 33.5 Å². The van der Waals surface area contributed by atoms with Crippen LogP contribution in [0.15, 0.2) is 30.3 Å². The fourth-order valence-corrected chi connectivity index (χ4v) is 7.53. The third kappa shape index (κ3) is 9.86. The van der Waals surface area contributed by atoms with Gasteiger partial charge < -0.3 is 25.2 Å². The number of amides is 4. The average Bonchev–Trinajstić information content (AvgIpc) is 3.90. The van der Waals surface area contributed by atoms with Crippen molar-refractivity contribution in [1.82, 2.24) is 20.4 Å². The average molecular weight is 723 g/mol. The van der Waals surface area contributed by atoms with E-state index in [-0.39, 0.29) is 60.0 Å². The van der Waals surface area contributed by atoms with E-state index in [1.165, 1.54) is 4.90 Å². The van der Waals surface area contributed by atoms with Crippen molar-refractivity contribution < 1.29 is 38.3 Å². The van der Waals surface area contributed by atoms with E-state index in [1.807, 2.05) is 20.8 Å². The van der Waals surface area contributed by atoms with E-state index >= 15 is 0 Å². The van der Waals surface area contributed by atoms with Crippen molar-refractivity contribution in [3.63, 3.8) is 0 Å². The van der Waals surface area contributed by atoms with E-state index in [9.17, 15) is 33.6 Å². The summed E-state index contributed by atoms with van der Waals surface area (Å²) in [6.07, 6.45) is 0.645. The second kappa shape index (κ2) is 15.5. The maximum absolute atomic E-state index is 14.3. The molecule has 0 aromatic heterocycles. The minimum absolute atomic E-state index is 0.0874. The number of nitrogens with zero attached hydrogens (tertiary/aromatic N) is 2. The molecular formula is C40H58N4O8. The van der Waals surface area contributed by atoms with E-state index in [1.54, 1.807) is 70.1 Å². The summed E-state index contributed by atoms with van der Waals surface area (Å²) in [5.41, 5.74) is -1.06. The predicted octanol–water partition coefficient (Wildman–Crippen LogP) is 4.65. The maximum atomic E-state index is 14.3. The fourth-order valence-electron chi connectivity index (χ4n) is 7.53. The van der Waals surface area contributed by atoms with Crippen LogP contribution < -0.4 is 10.6 Å². The van der Waals surface area contributed by atoms with Crippen LogP contribution in [0.4, 0.5) is 4.79 Å². The lowest BCUT2D eigenvalue weighted by Crippen LogP contribution is -2.58. The number of Topliss-reactive ketones (excluding diaryl/α,β-unsaturated/α-hetero) is 3. The van der Waals surface area contributed by atoms with Crippen LogP contribution in [0.3, 0.4) is 0 Å². The number of benzene rings is 1. The van der Waals surface area contributed by atoms with Crippen LogP contribution in [0.1, 0.15) is 106 Å². The van der Waals surface area contributed by atoms with Gasteiger partial charge in [-0.15, -0.1) is 0 Å². The van der Waals surface area contributed by atoms with Gasteiger partial charge in [0.1, 0.15) is 17.7 Å². The third-order valence-corrected chi connectivity index (χ3v) is 10.7. The minimum Gasteiger partial charge on any atom is -0.444 e. The molecule has 12 nitrogen and oxygen atoms in total. The Hall–Kier alpha value is -4.09. The second-order valence-corrected chi connectivity index (χ2v) is 17.8. The molecule has 6 atom stereocenters. The van der Waals surface area contributed by atoms with Gasteiger partial charge in [-0.3, -0.25) is 28.8 Å². The molecule has 0 bridgehead atoms. The van der Waals surface area contributed by atoms with Gasteiger partial charge in [0.2, 0.25) is 23.5 Å². The number of nitrogens with one attached hydrogen (secondary N) is 2. The molecule has 12 heteroatoms. The molecule has 4 amide bonds. The molecule has 3 aliphatic rings. The van der Waals surface area contributed by atoms with Crippen LogP contribution in [0.2, 0.25) is 0 Å². The molecule has 2 saturated carbocycles. The summed E-state index contributed by atoms with van der Waals surface area (Å²) in [4.78, 5) is 97.1. The van der Waals surface area contributed by atoms with Crippen molar-refractivity contribution in [3.8, 4) is 0 Å².